The summed E-state index contributed by atoms with van der Waals surface area (Å²) in [6.45, 7) is 1.93. The largest absolute Gasteiger partial charge is 0.322 e. The van der Waals surface area contributed by atoms with Crippen LogP contribution in [0.25, 0.3) is 0 Å². The number of hydrogen-bond acceptors (Lipinski definition) is 2. The second kappa shape index (κ2) is 5.21. The molecular formula is C12H9BrClNOS. The summed E-state index contributed by atoms with van der Waals surface area (Å²) < 4.78 is 0.936. The Morgan fingerprint density at radius 3 is 2.82 bits per heavy atom. The third kappa shape index (κ3) is 3.09. The van der Waals surface area contributed by atoms with Crippen molar-refractivity contribution in [3.8, 4) is 0 Å². The van der Waals surface area contributed by atoms with Crippen molar-refractivity contribution >= 4 is 50.5 Å². The van der Waals surface area contributed by atoms with Gasteiger partial charge in [0.2, 0.25) is 0 Å². The quantitative estimate of drug-likeness (QED) is 0.847. The summed E-state index contributed by atoms with van der Waals surface area (Å²) in [7, 11) is 0. The van der Waals surface area contributed by atoms with E-state index in [1.165, 1.54) is 11.3 Å². The molecule has 1 heterocycles. The number of rotatable bonds is 2. The van der Waals surface area contributed by atoms with Crippen LogP contribution in [0.1, 0.15) is 15.9 Å². The van der Waals surface area contributed by atoms with E-state index >= 15 is 0 Å². The Kier molecular flexibility index (Phi) is 3.86. The van der Waals surface area contributed by atoms with Crippen molar-refractivity contribution in [2.24, 2.45) is 0 Å². The van der Waals surface area contributed by atoms with E-state index in [1.54, 1.807) is 23.6 Å². The van der Waals surface area contributed by atoms with Gasteiger partial charge in [-0.15, -0.1) is 11.3 Å². The first-order chi connectivity index (χ1) is 8.06. The minimum absolute atomic E-state index is 0.127. The van der Waals surface area contributed by atoms with Gasteiger partial charge in [-0.25, -0.2) is 0 Å². The lowest BCUT2D eigenvalue weighted by Crippen LogP contribution is -2.11. The van der Waals surface area contributed by atoms with Gasteiger partial charge in [-0.3, -0.25) is 4.79 Å². The van der Waals surface area contributed by atoms with E-state index in [4.69, 9.17) is 11.6 Å². The van der Waals surface area contributed by atoms with Gasteiger partial charge in [0.25, 0.3) is 5.91 Å². The lowest BCUT2D eigenvalue weighted by atomic mass is 10.2. The lowest BCUT2D eigenvalue weighted by molar-refractivity contribution is 0.102. The fourth-order valence-corrected chi connectivity index (χ4v) is 2.66. The first kappa shape index (κ1) is 12.6. The van der Waals surface area contributed by atoms with E-state index in [9.17, 15) is 4.79 Å². The third-order valence-corrected chi connectivity index (χ3v) is 4.02. The molecule has 17 heavy (non-hydrogen) atoms. The number of aryl methyl sites for hydroxylation is 1. The fourth-order valence-electron chi connectivity index (χ4n) is 1.35. The van der Waals surface area contributed by atoms with Crippen molar-refractivity contribution in [2.45, 2.75) is 6.92 Å². The highest BCUT2D eigenvalue weighted by molar-refractivity contribution is 9.11. The number of anilines is 1. The van der Waals surface area contributed by atoms with Crippen molar-refractivity contribution in [1.29, 1.82) is 0 Å². The highest BCUT2D eigenvalue weighted by Crippen LogP contribution is 2.24. The van der Waals surface area contributed by atoms with Crippen molar-refractivity contribution < 1.29 is 4.79 Å². The maximum atomic E-state index is 11.9. The van der Waals surface area contributed by atoms with Gasteiger partial charge < -0.3 is 5.32 Å². The Morgan fingerprint density at radius 2 is 2.18 bits per heavy atom. The molecule has 2 rings (SSSR count). The molecule has 2 nitrogen and oxygen atoms in total. The van der Waals surface area contributed by atoms with Crippen LogP contribution in [0.5, 0.6) is 0 Å². The molecule has 0 aliphatic rings. The Bertz CT molecular complexity index is 567. The zero-order valence-electron chi connectivity index (χ0n) is 8.96. The number of carbonyl (C=O) groups is 1. The second-order valence-electron chi connectivity index (χ2n) is 3.55. The number of carbonyl (C=O) groups excluding carboxylic acids is 1. The summed E-state index contributed by atoms with van der Waals surface area (Å²) in [4.78, 5) is 11.9. The zero-order chi connectivity index (χ0) is 12.4. The van der Waals surface area contributed by atoms with Gasteiger partial charge in [0, 0.05) is 16.1 Å². The van der Waals surface area contributed by atoms with Crippen LogP contribution in [0.4, 0.5) is 5.69 Å². The molecular weight excluding hydrogens is 322 g/mol. The minimum atomic E-state index is -0.127. The number of hydrogen-bond donors (Lipinski definition) is 1. The van der Waals surface area contributed by atoms with Gasteiger partial charge in [0.05, 0.1) is 9.35 Å². The average Bonchev–Trinajstić information content (AvgIpc) is 2.70. The van der Waals surface area contributed by atoms with Crippen LogP contribution in [0, 0.1) is 6.92 Å². The summed E-state index contributed by atoms with van der Waals surface area (Å²) in [5.74, 6) is -0.127. The number of benzene rings is 1. The summed E-state index contributed by atoms with van der Waals surface area (Å²) in [6, 6.07) is 7.21. The van der Waals surface area contributed by atoms with Gasteiger partial charge in [0.15, 0.2) is 0 Å². The first-order valence-corrected chi connectivity index (χ1v) is 6.93. The van der Waals surface area contributed by atoms with Crippen molar-refractivity contribution in [3.63, 3.8) is 0 Å². The fraction of sp³-hybridized carbons (Fsp3) is 0.0833. The normalized spacial score (nSPS) is 10.3. The summed E-state index contributed by atoms with van der Waals surface area (Å²) in [6.07, 6.45) is 0. The molecule has 0 radical (unpaired) electrons. The lowest BCUT2D eigenvalue weighted by Gasteiger charge is -2.07. The molecule has 1 amide bonds. The van der Waals surface area contributed by atoms with Gasteiger partial charge >= 0.3 is 0 Å². The number of nitrogens with one attached hydrogen (secondary N) is 1. The Morgan fingerprint density at radius 1 is 1.41 bits per heavy atom. The maximum Gasteiger partial charge on any atom is 0.256 e. The van der Waals surface area contributed by atoms with Gasteiger partial charge in [-0.1, -0.05) is 17.7 Å². The van der Waals surface area contributed by atoms with Crippen LogP contribution in [0.15, 0.2) is 33.4 Å². The Labute approximate surface area is 117 Å². The molecule has 5 heteroatoms. The van der Waals surface area contributed by atoms with Crippen LogP contribution < -0.4 is 5.32 Å². The smallest absolute Gasteiger partial charge is 0.256 e. The third-order valence-electron chi connectivity index (χ3n) is 2.28. The van der Waals surface area contributed by atoms with Crippen molar-refractivity contribution in [1.82, 2.24) is 0 Å². The van der Waals surface area contributed by atoms with Crippen molar-refractivity contribution in [3.05, 3.63) is 49.6 Å². The van der Waals surface area contributed by atoms with Gasteiger partial charge in [-0.2, -0.15) is 0 Å². The highest BCUT2D eigenvalue weighted by Gasteiger charge is 2.09. The molecule has 0 saturated heterocycles. The molecule has 1 N–H and O–H groups in total. The van der Waals surface area contributed by atoms with E-state index in [0.29, 0.717) is 10.6 Å². The molecule has 1 aromatic heterocycles. The van der Waals surface area contributed by atoms with Gasteiger partial charge in [-0.05, 0) is 46.6 Å². The number of halogens is 2. The minimum Gasteiger partial charge on any atom is -0.322 e. The predicted molar refractivity (Wildman–Crippen MR) is 76.2 cm³/mol. The van der Waals surface area contributed by atoms with E-state index in [2.05, 4.69) is 21.2 Å². The van der Waals surface area contributed by atoms with Crippen LogP contribution >= 0.6 is 38.9 Å². The topological polar surface area (TPSA) is 29.1 Å². The number of thiophene rings is 1. The Hall–Kier alpha value is -0.840. The molecule has 88 valence electrons. The standard InChI is InChI=1S/C12H9BrClNOS/c1-7-2-3-9(14)5-10(7)15-12(16)8-4-11(13)17-6-8/h2-6H,1H3,(H,15,16). The molecule has 0 fully saturated rings. The monoisotopic (exact) mass is 329 g/mol. The predicted octanol–water partition coefficient (Wildman–Crippen LogP) is 4.72. The van der Waals surface area contributed by atoms with E-state index in [1.807, 2.05) is 13.0 Å². The van der Waals surface area contributed by atoms with E-state index in [0.717, 1.165) is 15.0 Å². The molecule has 0 bridgehead atoms. The molecule has 2 aromatic rings. The van der Waals surface area contributed by atoms with Crippen LogP contribution in [0.3, 0.4) is 0 Å². The first-order valence-electron chi connectivity index (χ1n) is 4.88. The van der Waals surface area contributed by atoms with E-state index < -0.39 is 0 Å². The SMILES string of the molecule is Cc1ccc(Cl)cc1NC(=O)c1csc(Br)c1. The Balaban J connectivity index is 2.21. The molecule has 0 aliphatic carbocycles. The van der Waals surface area contributed by atoms with Crippen molar-refractivity contribution in [2.75, 3.05) is 5.32 Å². The van der Waals surface area contributed by atoms with Crippen LogP contribution in [0.2, 0.25) is 5.02 Å². The highest BCUT2D eigenvalue weighted by atomic mass is 79.9. The summed E-state index contributed by atoms with van der Waals surface area (Å²) in [5.41, 5.74) is 2.36. The van der Waals surface area contributed by atoms with Crippen LogP contribution in [-0.4, -0.2) is 5.91 Å². The average molecular weight is 331 g/mol. The molecule has 0 saturated carbocycles. The molecule has 0 aliphatic heterocycles. The molecule has 0 unspecified atom stereocenters. The second-order valence-corrected chi connectivity index (χ2v) is 6.28. The molecule has 1 aromatic carbocycles. The maximum absolute atomic E-state index is 11.9. The zero-order valence-corrected chi connectivity index (χ0v) is 12.1. The van der Waals surface area contributed by atoms with Crippen LogP contribution in [-0.2, 0) is 0 Å². The van der Waals surface area contributed by atoms with E-state index in [-0.39, 0.29) is 5.91 Å². The summed E-state index contributed by atoms with van der Waals surface area (Å²) in [5, 5.41) is 5.26. The number of amides is 1. The summed E-state index contributed by atoms with van der Waals surface area (Å²) >= 11 is 10.7. The van der Waals surface area contributed by atoms with Gasteiger partial charge in [0.1, 0.15) is 0 Å². The molecule has 0 spiro atoms. The molecule has 0 atom stereocenters.